The zero-order chi connectivity index (χ0) is 17.8. The normalized spacial score (nSPS) is 12.5. The molecular formula is C18H13F2NO4. The average Bonchev–Trinajstić information content (AvgIpc) is 2.62. The van der Waals surface area contributed by atoms with E-state index in [0.717, 1.165) is 17.7 Å². The summed E-state index contributed by atoms with van der Waals surface area (Å²) in [5.41, 5.74) is 0.375. The quantitative estimate of drug-likeness (QED) is 0.866. The summed E-state index contributed by atoms with van der Waals surface area (Å²) in [6, 6.07) is 10.3. The van der Waals surface area contributed by atoms with Crippen molar-refractivity contribution < 1.29 is 27.8 Å². The third kappa shape index (κ3) is 3.82. The Morgan fingerprint density at radius 1 is 1.08 bits per heavy atom. The lowest BCUT2D eigenvalue weighted by molar-refractivity contribution is -0.143. The molecule has 2 aromatic carbocycles. The lowest BCUT2D eigenvalue weighted by Crippen LogP contribution is -2.24. The summed E-state index contributed by atoms with van der Waals surface area (Å²) >= 11 is 0. The molecule has 3 rings (SSSR count). The van der Waals surface area contributed by atoms with E-state index in [1.54, 1.807) is 24.3 Å². The predicted octanol–water partition coefficient (Wildman–Crippen LogP) is 2.92. The number of hydrogen-bond donors (Lipinski definition) is 1. The summed E-state index contributed by atoms with van der Waals surface area (Å²) in [6.45, 7) is -0.662. The van der Waals surface area contributed by atoms with E-state index in [2.05, 4.69) is 0 Å². The van der Waals surface area contributed by atoms with E-state index in [4.69, 9.17) is 9.47 Å². The van der Waals surface area contributed by atoms with Crippen LogP contribution in [0.15, 0.2) is 48.0 Å². The Bertz CT molecular complexity index is 844. The molecule has 0 saturated heterocycles. The van der Waals surface area contributed by atoms with Crippen molar-refractivity contribution in [2.45, 2.75) is 0 Å². The van der Waals surface area contributed by atoms with Crippen LogP contribution in [-0.2, 0) is 14.3 Å². The molecule has 1 heterocycles. The molecule has 0 atom stereocenters. The minimum Gasteiger partial charge on any atom is -0.488 e. The largest absolute Gasteiger partial charge is 0.488 e. The van der Waals surface area contributed by atoms with E-state index in [0.29, 0.717) is 5.75 Å². The van der Waals surface area contributed by atoms with Gasteiger partial charge in [0.15, 0.2) is 6.61 Å². The van der Waals surface area contributed by atoms with Gasteiger partial charge in [-0.15, -0.1) is 0 Å². The molecule has 128 valence electrons. The Labute approximate surface area is 141 Å². The van der Waals surface area contributed by atoms with Gasteiger partial charge in [0, 0.05) is 5.56 Å². The smallest absolute Gasteiger partial charge is 0.338 e. The van der Waals surface area contributed by atoms with E-state index in [1.807, 2.05) is 11.4 Å². The molecule has 1 amide bonds. The van der Waals surface area contributed by atoms with Gasteiger partial charge >= 0.3 is 5.97 Å². The number of carbonyl (C=O) groups excluding carboxylic acids is 2. The average molecular weight is 345 g/mol. The fourth-order valence-corrected chi connectivity index (χ4v) is 2.25. The number of ether oxygens (including phenoxy) is 2. The molecule has 1 aliphatic heterocycles. The number of rotatable bonds is 4. The molecule has 0 spiro atoms. The molecular weight excluding hydrogens is 332 g/mol. The minimum absolute atomic E-state index is 0.0133. The van der Waals surface area contributed by atoms with Gasteiger partial charge in [-0.25, -0.2) is 13.6 Å². The van der Waals surface area contributed by atoms with Crippen LogP contribution < -0.4 is 10.1 Å². The highest BCUT2D eigenvalue weighted by Gasteiger charge is 2.20. The first-order valence-corrected chi connectivity index (χ1v) is 7.38. The van der Waals surface area contributed by atoms with Crippen LogP contribution in [0, 0.1) is 11.6 Å². The summed E-state index contributed by atoms with van der Waals surface area (Å²) in [6.07, 6.45) is 1.61. The first-order valence-electron chi connectivity index (χ1n) is 7.38. The number of nitrogens with one attached hydrogen (secondary N) is 1. The van der Waals surface area contributed by atoms with Crippen LogP contribution in [0.3, 0.4) is 0 Å². The number of halogens is 2. The molecule has 0 saturated carbocycles. The van der Waals surface area contributed by atoms with Crippen molar-refractivity contribution in [3.05, 3.63) is 65.2 Å². The van der Waals surface area contributed by atoms with E-state index in [-0.39, 0.29) is 12.2 Å². The molecule has 0 radical (unpaired) electrons. The van der Waals surface area contributed by atoms with Gasteiger partial charge in [-0.2, -0.15) is 0 Å². The molecule has 25 heavy (non-hydrogen) atoms. The van der Waals surface area contributed by atoms with Gasteiger partial charge in [0.1, 0.15) is 29.7 Å². The molecule has 0 unspecified atom stereocenters. The Morgan fingerprint density at radius 3 is 2.56 bits per heavy atom. The molecule has 0 bridgehead atoms. The van der Waals surface area contributed by atoms with Crippen LogP contribution in [0.4, 0.5) is 14.5 Å². The Hall–Kier alpha value is -3.22. The van der Waals surface area contributed by atoms with E-state index < -0.39 is 35.8 Å². The second-order valence-electron chi connectivity index (χ2n) is 5.22. The highest BCUT2D eigenvalue weighted by molar-refractivity contribution is 5.98. The van der Waals surface area contributed by atoms with Gasteiger partial charge in [0.05, 0.1) is 5.57 Å². The van der Waals surface area contributed by atoms with Crippen LogP contribution in [0.25, 0.3) is 6.08 Å². The molecule has 1 aliphatic rings. The lowest BCUT2D eigenvalue weighted by atomic mass is 10.1. The number of benzene rings is 2. The highest BCUT2D eigenvalue weighted by Crippen LogP contribution is 2.26. The second kappa shape index (κ2) is 7.12. The summed E-state index contributed by atoms with van der Waals surface area (Å²) in [5, 5.41) is 2.04. The maximum Gasteiger partial charge on any atom is 0.338 e. The first kappa shape index (κ1) is 16.6. The maximum absolute atomic E-state index is 13.5. The maximum atomic E-state index is 13.5. The number of hydrogen-bond acceptors (Lipinski definition) is 4. The lowest BCUT2D eigenvalue weighted by Gasteiger charge is -2.16. The van der Waals surface area contributed by atoms with Crippen molar-refractivity contribution in [2.24, 2.45) is 0 Å². The number of anilines is 1. The van der Waals surface area contributed by atoms with Crippen molar-refractivity contribution in [1.29, 1.82) is 0 Å². The zero-order valence-corrected chi connectivity index (χ0v) is 12.9. The van der Waals surface area contributed by atoms with Crippen molar-refractivity contribution in [2.75, 3.05) is 18.5 Å². The monoisotopic (exact) mass is 345 g/mol. The Kier molecular flexibility index (Phi) is 4.74. The van der Waals surface area contributed by atoms with Crippen molar-refractivity contribution in [1.82, 2.24) is 0 Å². The van der Waals surface area contributed by atoms with Crippen LogP contribution in [0.2, 0.25) is 0 Å². The topological polar surface area (TPSA) is 64.6 Å². The van der Waals surface area contributed by atoms with Gasteiger partial charge in [-0.3, -0.25) is 4.79 Å². The van der Waals surface area contributed by atoms with Crippen LogP contribution in [0.5, 0.6) is 5.75 Å². The van der Waals surface area contributed by atoms with Crippen LogP contribution in [0.1, 0.15) is 5.56 Å². The Balaban J connectivity index is 1.59. The third-order valence-corrected chi connectivity index (χ3v) is 3.46. The van der Waals surface area contributed by atoms with Crippen LogP contribution >= 0.6 is 0 Å². The second-order valence-corrected chi connectivity index (χ2v) is 5.22. The van der Waals surface area contributed by atoms with Crippen molar-refractivity contribution >= 4 is 23.6 Å². The number of esters is 1. The van der Waals surface area contributed by atoms with E-state index >= 15 is 0 Å². The summed E-state index contributed by atoms with van der Waals surface area (Å²) in [5.74, 6) is -2.78. The summed E-state index contributed by atoms with van der Waals surface area (Å²) in [4.78, 5) is 23.7. The molecule has 2 aromatic rings. The standard InChI is InChI=1S/C18H13F2NO4/c19-13-5-3-6-14(20)17(13)21-16(22)10-25-18(23)12-8-11-4-1-2-7-15(11)24-9-12/h1-8H,9-10H2,(H,21,22). The number of carbonyl (C=O) groups is 2. The minimum atomic E-state index is -0.917. The van der Waals surface area contributed by atoms with Gasteiger partial charge in [-0.1, -0.05) is 24.3 Å². The first-order chi connectivity index (χ1) is 12.0. The van der Waals surface area contributed by atoms with Crippen molar-refractivity contribution in [3.63, 3.8) is 0 Å². The fourth-order valence-electron chi connectivity index (χ4n) is 2.25. The third-order valence-electron chi connectivity index (χ3n) is 3.46. The number of para-hydroxylation sites is 2. The Morgan fingerprint density at radius 2 is 1.80 bits per heavy atom. The predicted molar refractivity (Wildman–Crippen MR) is 85.9 cm³/mol. The van der Waals surface area contributed by atoms with Gasteiger partial charge in [-0.05, 0) is 24.3 Å². The highest BCUT2D eigenvalue weighted by atomic mass is 19.1. The molecule has 0 aliphatic carbocycles. The summed E-state index contributed by atoms with van der Waals surface area (Å²) < 4.78 is 37.2. The van der Waals surface area contributed by atoms with Crippen LogP contribution in [-0.4, -0.2) is 25.1 Å². The van der Waals surface area contributed by atoms with E-state index in [1.165, 1.54) is 6.07 Å². The molecule has 0 aromatic heterocycles. The molecule has 1 N–H and O–H groups in total. The van der Waals surface area contributed by atoms with E-state index in [9.17, 15) is 18.4 Å². The molecule has 0 fully saturated rings. The van der Waals surface area contributed by atoms with Gasteiger partial charge < -0.3 is 14.8 Å². The number of amides is 1. The molecule has 7 heteroatoms. The number of fused-ring (bicyclic) bond motifs is 1. The van der Waals surface area contributed by atoms with Gasteiger partial charge in [0.2, 0.25) is 0 Å². The molecule has 5 nitrogen and oxygen atoms in total. The zero-order valence-electron chi connectivity index (χ0n) is 12.9. The SMILES string of the molecule is O=C(COC(=O)C1=Cc2ccccc2OC1)Nc1c(F)cccc1F. The summed E-state index contributed by atoms with van der Waals surface area (Å²) in [7, 11) is 0. The van der Waals surface area contributed by atoms with Crippen molar-refractivity contribution in [3.8, 4) is 5.75 Å². The van der Waals surface area contributed by atoms with Gasteiger partial charge in [0.25, 0.3) is 5.91 Å². The fraction of sp³-hybridized carbons (Fsp3) is 0.111.